The summed E-state index contributed by atoms with van der Waals surface area (Å²) in [6.45, 7) is 0. The van der Waals surface area contributed by atoms with E-state index in [0.717, 1.165) is 0 Å². The van der Waals surface area contributed by atoms with Crippen LogP contribution in [0, 0.1) is 0 Å². The summed E-state index contributed by atoms with van der Waals surface area (Å²) in [5, 5.41) is 0. The van der Waals surface area contributed by atoms with Crippen molar-refractivity contribution in [2.45, 2.75) is 12.3 Å². The number of halogens is 7. The van der Waals surface area contributed by atoms with E-state index in [1.807, 2.05) is 0 Å². The summed E-state index contributed by atoms with van der Waals surface area (Å²) in [5.41, 5.74) is 0. The number of rotatable bonds is 4. The van der Waals surface area contributed by atoms with Gasteiger partial charge in [0, 0.05) is 0 Å². The Bertz CT molecular complexity index is 154. The third-order valence-corrected chi connectivity index (χ3v) is 0.720. The van der Waals surface area contributed by atoms with Crippen molar-refractivity contribution in [3.05, 3.63) is 0 Å². The standard InChI is InChI=1S/C2BF7O3/c4-1(5,6)2(7,8)11-3(12-9)13-10. The van der Waals surface area contributed by atoms with Crippen LogP contribution in [0.4, 0.5) is 31.0 Å². The number of hydrogen-bond acceptors (Lipinski definition) is 3. The van der Waals surface area contributed by atoms with Gasteiger partial charge in [0.05, 0.1) is 0 Å². The lowest BCUT2D eigenvalue weighted by atomic mass is 10.2. The van der Waals surface area contributed by atoms with Gasteiger partial charge in [-0.25, -0.2) is 0 Å². The monoisotopic (exact) mass is 216 g/mol. The van der Waals surface area contributed by atoms with Crippen molar-refractivity contribution in [1.82, 2.24) is 0 Å². The third-order valence-electron chi connectivity index (χ3n) is 0.720. The predicted octanol–water partition coefficient (Wildman–Crippen LogP) is 1.95. The molecule has 3 nitrogen and oxygen atoms in total. The van der Waals surface area contributed by atoms with Gasteiger partial charge in [-0.2, -0.15) is 31.7 Å². The van der Waals surface area contributed by atoms with E-state index in [9.17, 15) is 31.0 Å². The molecule has 0 N–H and O–H groups in total. The van der Waals surface area contributed by atoms with Gasteiger partial charge >= 0.3 is 19.6 Å². The molecule has 0 fully saturated rings. The minimum absolute atomic E-state index is 2.13. The maximum Gasteiger partial charge on any atom is 0.709 e. The largest absolute Gasteiger partial charge is 0.709 e. The van der Waals surface area contributed by atoms with E-state index in [0.29, 0.717) is 0 Å². The molecule has 0 aliphatic rings. The topological polar surface area (TPSA) is 27.7 Å². The molecule has 0 rings (SSSR count). The lowest BCUT2D eigenvalue weighted by molar-refractivity contribution is -0.376. The summed E-state index contributed by atoms with van der Waals surface area (Å²) in [4.78, 5) is 4.26. The zero-order valence-corrected chi connectivity index (χ0v) is 5.45. The highest BCUT2D eigenvalue weighted by Crippen LogP contribution is 2.36. The van der Waals surface area contributed by atoms with Crippen LogP contribution in [0.15, 0.2) is 0 Å². The van der Waals surface area contributed by atoms with Gasteiger partial charge in [0.2, 0.25) is 0 Å². The highest BCUT2D eigenvalue weighted by molar-refractivity contribution is 6.35. The molecule has 0 saturated carbocycles. The van der Waals surface area contributed by atoms with E-state index < -0.39 is 19.6 Å². The molecular formula is C2BF7O3. The molecule has 0 aromatic carbocycles. The summed E-state index contributed by atoms with van der Waals surface area (Å²) >= 11 is 0. The molecular weight excluding hydrogens is 216 g/mol. The van der Waals surface area contributed by atoms with Gasteiger partial charge in [-0.05, 0) is 0 Å². The first-order valence-electron chi connectivity index (χ1n) is 2.41. The summed E-state index contributed by atoms with van der Waals surface area (Å²) < 4.78 is 81.4. The molecule has 0 aliphatic heterocycles. The van der Waals surface area contributed by atoms with Gasteiger partial charge in [-0.1, -0.05) is 9.05 Å². The Morgan fingerprint density at radius 1 is 0.846 bits per heavy atom. The van der Waals surface area contributed by atoms with Crippen molar-refractivity contribution in [1.29, 1.82) is 0 Å². The Kier molecular flexibility index (Phi) is 3.94. The van der Waals surface area contributed by atoms with E-state index in [4.69, 9.17) is 0 Å². The van der Waals surface area contributed by atoms with E-state index in [-0.39, 0.29) is 0 Å². The van der Waals surface area contributed by atoms with Gasteiger partial charge in [-0.3, -0.25) is 0 Å². The van der Waals surface area contributed by atoms with Gasteiger partial charge in [0.25, 0.3) is 0 Å². The highest BCUT2D eigenvalue weighted by Gasteiger charge is 2.62. The Hall–Kier alpha value is -0.545. The van der Waals surface area contributed by atoms with E-state index in [2.05, 4.69) is 14.4 Å². The first kappa shape index (κ1) is 12.5. The summed E-state index contributed by atoms with van der Waals surface area (Å²) in [5.74, 6) is 0. The molecule has 0 spiro atoms. The maximum absolute atomic E-state index is 11.7. The summed E-state index contributed by atoms with van der Waals surface area (Å²) in [6.07, 6.45) is -11.9. The van der Waals surface area contributed by atoms with Gasteiger partial charge in [-0.15, -0.1) is 0 Å². The predicted molar refractivity (Wildman–Crippen MR) is 22.2 cm³/mol. The van der Waals surface area contributed by atoms with Crippen LogP contribution in [-0.4, -0.2) is 19.6 Å². The molecule has 0 atom stereocenters. The van der Waals surface area contributed by atoms with Gasteiger partial charge < -0.3 is 4.65 Å². The first-order valence-corrected chi connectivity index (χ1v) is 2.41. The lowest BCUT2D eigenvalue weighted by Crippen LogP contribution is -2.44. The minimum atomic E-state index is -6.12. The summed E-state index contributed by atoms with van der Waals surface area (Å²) in [6, 6.07) is 0. The van der Waals surface area contributed by atoms with Crippen LogP contribution in [-0.2, 0) is 14.4 Å². The second-order valence-electron chi connectivity index (χ2n) is 1.60. The molecule has 0 heterocycles. The molecule has 0 aliphatic carbocycles. The Balaban J connectivity index is 4.31. The highest BCUT2D eigenvalue weighted by atomic mass is 19.4. The van der Waals surface area contributed by atoms with Crippen LogP contribution in [0.2, 0.25) is 0 Å². The molecule has 13 heavy (non-hydrogen) atoms. The number of alkyl halides is 5. The molecule has 0 bridgehead atoms. The molecule has 0 saturated heterocycles. The van der Waals surface area contributed by atoms with Crippen LogP contribution >= 0.6 is 0 Å². The van der Waals surface area contributed by atoms with E-state index in [1.165, 1.54) is 0 Å². The molecule has 0 amide bonds. The SMILES string of the molecule is FOB(OF)OC(F)(F)C(F)(F)F. The quantitative estimate of drug-likeness (QED) is 0.530. The fraction of sp³-hybridized carbons (Fsp3) is 1.00. The van der Waals surface area contributed by atoms with E-state index >= 15 is 0 Å². The second-order valence-corrected chi connectivity index (χ2v) is 1.60. The normalized spacial score (nSPS) is 13.2. The number of hydrogen-bond donors (Lipinski definition) is 0. The van der Waals surface area contributed by atoms with Crippen molar-refractivity contribution in [3.8, 4) is 0 Å². The average molecular weight is 216 g/mol. The van der Waals surface area contributed by atoms with Crippen LogP contribution in [0.25, 0.3) is 0 Å². The van der Waals surface area contributed by atoms with Crippen LogP contribution < -0.4 is 0 Å². The molecule has 0 unspecified atom stereocenters. The third kappa shape index (κ3) is 3.36. The van der Waals surface area contributed by atoms with Crippen molar-refractivity contribution < 1.29 is 45.4 Å². The smallest absolute Gasteiger partial charge is 0.316 e. The average Bonchev–Trinajstić information content (AvgIpc) is 1.98. The minimum Gasteiger partial charge on any atom is -0.316 e. The lowest BCUT2D eigenvalue weighted by Gasteiger charge is -2.19. The second kappa shape index (κ2) is 4.11. The zero-order chi connectivity index (χ0) is 10.7. The Morgan fingerprint density at radius 3 is 1.46 bits per heavy atom. The van der Waals surface area contributed by atoms with Crippen molar-refractivity contribution in [3.63, 3.8) is 0 Å². The molecule has 0 aromatic rings. The summed E-state index contributed by atoms with van der Waals surface area (Å²) in [7, 11) is -3.39. The van der Waals surface area contributed by atoms with E-state index in [1.54, 1.807) is 0 Å². The fourth-order valence-electron chi connectivity index (χ4n) is 0.238. The zero-order valence-electron chi connectivity index (χ0n) is 5.45. The van der Waals surface area contributed by atoms with Crippen molar-refractivity contribution in [2.24, 2.45) is 0 Å². The molecule has 0 radical (unpaired) electrons. The molecule has 78 valence electrons. The fourth-order valence-corrected chi connectivity index (χ4v) is 0.238. The molecule has 0 aromatic heterocycles. The van der Waals surface area contributed by atoms with Gasteiger partial charge in [0.15, 0.2) is 0 Å². The van der Waals surface area contributed by atoms with Crippen LogP contribution in [0.5, 0.6) is 0 Å². The van der Waals surface area contributed by atoms with Crippen LogP contribution in [0.3, 0.4) is 0 Å². The Labute approximate surface area is 66.3 Å². The van der Waals surface area contributed by atoms with Crippen molar-refractivity contribution >= 4 is 7.32 Å². The Morgan fingerprint density at radius 2 is 1.23 bits per heavy atom. The maximum atomic E-state index is 11.7. The first-order chi connectivity index (χ1) is 5.74. The van der Waals surface area contributed by atoms with Crippen molar-refractivity contribution in [2.75, 3.05) is 0 Å². The van der Waals surface area contributed by atoms with Gasteiger partial charge in [0.1, 0.15) is 0 Å². The van der Waals surface area contributed by atoms with Crippen LogP contribution in [0.1, 0.15) is 0 Å². The molecule has 11 heteroatoms.